The van der Waals surface area contributed by atoms with E-state index in [1.54, 1.807) is 24.0 Å². The van der Waals surface area contributed by atoms with Crippen LogP contribution in [-0.4, -0.2) is 35.1 Å². The minimum atomic E-state index is -0.566. The van der Waals surface area contributed by atoms with E-state index < -0.39 is 6.04 Å². The lowest BCUT2D eigenvalue weighted by molar-refractivity contribution is -0.138. The average Bonchev–Trinajstić information content (AvgIpc) is 2.72. The molecule has 2 rings (SSSR count). The van der Waals surface area contributed by atoms with Crippen molar-refractivity contribution in [3.05, 3.63) is 69.9 Å². The highest BCUT2D eigenvalue weighted by Gasteiger charge is 2.25. The molecule has 1 atom stereocenters. The molecule has 4 nitrogen and oxygen atoms in total. The minimum absolute atomic E-state index is 0.0980. The van der Waals surface area contributed by atoms with Crippen molar-refractivity contribution in [3.8, 4) is 0 Å². The van der Waals surface area contributed by atoms with Crippen molar-refractivity contribution in [2.45, 2.75) is 38.6 Å². The van der Waals surface area contributed by atoms with Crippen LogP contribution in [0.4, 0.5) is 4.39 Å². The van der Waals surface area contributed by atoms with E-state index in [-0.39, 0.29) is 23.4 Å². The normalized spacial score (nSPS) is 11.7. The van der Waals surface area contributed by atoms with E-state index in [1.165, 1.54) is 23.9 Å². The molecule has 1 N–H and O–H groups in total. The fourth-order valence-electron chi connectivity index (χ4n) is 2.68. The Bertz CT molecular complexity index is 799. The molecule has 7 heteroatoms. The minimum Gasteiger partial charge on any atom is -0.354 e. The van der Waals surface area contributed by atoms with Crippen molar-refractivity contribution < 1.29 is 14.0 Å². The van der Waals surface area contributed by atoms with E-state index in [0.29, 0.717) is 18.8 Å². The fraction of sp³-hybridized carbons (Fsp3) is 0.364. The Hall–Kier alpha value is -1.86. The van der Waals surface area contributed by atoms with Crippen LogP contribution in [0.3, 0.4) is 0 Å². The molecule has 0 aliphatic heterocycles. The van der Waals surface area contributed by atoms with Crippen LogP contribution >= 0.6 is 27.7 Å². The zero-order valence-corrected chi connectivity index (χ0v) is 19.1. The number of amides is 2. The Balaban J connectivity index is 2.03. The monoisotopic (exact) mass is 480 g/mol. The second-order valence-electron chi connectivity index (χ2n) is 6.73. The zero-order valence-electron chi connectivity index (χ0n) is 16.7. The summed E-state index contributed by atoms with van der Waals surface area (Å²) >= 11 is 4.87. The van der Waals surface area contributed by atoms with Gasteiger partial charge in [-0.05, 0) is 48.7 Å². The van der Waals surface area contributed by atoms with E-state index in [9.17, 15) is 14.0 Å². The molecule has 0 bridgehead atoms. The van der Waals surface area contributed by atoms with Crippen molar-refractivity contribution >= 4 is 39.5 Å². The molecule has 0 unspecified atom stereocenters. The van der Waals surface area contributed by atoms with Crippen LogP contribution in [0.1, 0.15) is 31.4 Å². The Kier molecular flexibility index (Phi) is 9.67. The first kappa shape index (κ1) is 23.4. The summed E-state index contributed by atoms with van der Waals surface area (Å²) in [6, 6.07) is 13.4. The maximum atomic E-state index is 13.0. The van der Waals surface area contributed by atoms with Crippen molar-refractivity contribution in [1.29, 1.82) is 0 Å². The number of carbonyl (C=O) groups excluding carboxylic acids is 2. The highest BCUT2D eigenvalue weighted by molar-refractivity contribution is 9.10. The first-order valence-electron chi connectivity index (χ1n) is 9.54. The van der Waals surface area contributed by atoms with Crippen LogP contribution in [0.2, 0.25) is 0 Å². The molecule has 0 aliphatic carbocycles. The van der Waals surface area contributed by atoms with Crippen molar-refractivity contribution in [2.75, 3.05) is 12.3 Å². The summed E-state index contributed by atoms with van der Waals surface area (Å²) in [4.78, 5) is 27.0. The molecule has 0 spiro atoms. The lowest BCUT2D eigenvalue weighted by Gasteiger charge is -2.28. The molecule has 0 saturated heterocycles. The van der Waals surface area contributed by atoms with Gasteiger partial charge in [-0.2, -0.15) is 0 Å². The molecule has 2 amide bonds. The molecule has 2 aromatic carbocycles. The largest absolute Gasteiger partial charge is 0.354 e. The number of hydrogen-bond acceptors (Lipinski definition) is 3. The summed E-state index contributed by atoms with van der Waals surface area (Å²) in [6.07, 6.45) is 0.840. The SMILES string of the molecule is CCCNC(=O)[C@@H](C)N(Cc1ccc(Br)cc1)C(=O)CSCc1ccc(F)cc1. The van der Waals surface area contributed by atoms with Crippen LogP contribution in [0, 0.1) is 5.82 Å². The van der Waals surface area contributed by atoms with Gasteiger partial charge in [0.1, 0.15) is 11.9 Å². The topological polar surface area (TPSA) is 49.4 Å². The predicted molar refractivity (Wildman–Crippen MR) is 120 cm³/mol. The third-order valence-corrected chi connectivity index (χ3v) is 5.91. The molecular formula is C22H26BrFN2O2S. The standard InChI is InChI=1S/C22H26BrFN2O2S/c1-3-12-25-22(28)16(2)26(13-17-4-8-19(23)9-5-17)21(27)15-29-14-18-6-10-20(24)11-7-18/h4-11,16H,3,12-15H2,1-2H3,(H,25,28)/t16-/m1/s1. The van der Waals surface area contributed by atoms with Gasteiger partial charge in [0.05, 0.1) is 5.75 Å². The van der Waals surface area contributed by atoms with Gasteiger partial charge in [-0.1, -0.05) is 47.1 Å². The Labute approximate surface area is 184 Å². The lowest BCUT2D eigenvalue weighted by Crippen LogP contribution is -2.48. The molecule has 0 saturated carbocycles. The van der Waals surface area contributed by atoms with Crippen LogP contribution in [0.15, 0.2) is 53.0 Å². The highest BCUT2D eigenvalue weighted by atomic mass is 79.9. The highest BCUT2D eigenvalue weighted by Crippen LogP contribution is 2.17. The third-order valence-electron chi connectivity index (χ3n) is 4.39. The van der Waals surface area contributed by atoms with Gasteiger partial charge >= 0.3 is 0 Å². The summed E-state index contributed by atoms with van der Waals surface area (Å²) in [5.74, 6) is 0.330. The molecule has 2 aromatic rings. The van der Waals surface area contributed by atoms with Crippen molar-refractivity contribution in [2.24, 2.45) is 0 Å². The molecule has 0 fully saturated rings. The number of hydrogen-bond donors (Lipinski definition) is 1. The summed E-state index contributed by atoms with van der Waals surface area (Å²) in [6.45, 7) is 4.70. The van der Waals surface area contributed by atoms with Gasteiger partial charge in [-0.3, -0.25) is 9.59 Å². The van der Waals surface area contributed by atoms with E-state index in [1.807, 2.05) is 31.2 Å². The molecule has 0 radical (unpaired) electrons. The molecule has 29 heavy (non-hydrogen) atoms. The van der Waals surface area contributed by atoms with Crippen LogP contribution in [0.25, 0.3) is 0 Å². The molecule has 0 aromatic heterocycles. The molecule has 156 valence electrons. The van der Waals surface area contributed by atoms with E-state index >= 15 is 0 Å². The Morgan fingerprint density at radius 2 is 1.72 bits per heavy atom. The quantitative estimate of drug-likeness (QED) is 0.532. The molecule has 0 aliphatic rings. The number of nitrogens with zero attached hydrogens (tertiary/aromatic N) is 1. The van der Waals surface area contributed by atoms with Crippen LogP contribution < -0.4 is 5.32 Å². The van der Waals surface area contributed by atoms with Crippen LogP contribution in [0.5, 0.6) is 0 Å². The Morgan fingerprint density at radius 1 is 1.10 bits per heavy atom. The number of halogens is 2. The first-order chi connectivity index (χ1) is 13.9. The molecular weight excluding hydrogens is 455 g/mol. The van der Waals surface area contributed by atoms with Gasteiger partial charge in [-0.15, -0.1) is 11.8 Å². The zero-order chi connectivity index (χ0) is 21.2. The first-order valence-corrected chi connectivity index (χ1v) is 11.5. The number of nitrogens with one attached hydrogen (secondary N) is 1. The Morgan fingerprint density at radius 3 is 2.34 bits per heavy atom. The second-order valence-corrected chi connectivity index (χ2v) is 8.64. The number of thioether (sulfide) groups is 1. The van der Waals surface area contributed by atoms with Gasteiger partial charge in [0, 0.05) is 23.3 Å². The second kappa shape index (κ2) is 12.0. The summed E-state index contributed by atoms with van der Waals surface area (Å²) in [5.41, 5.74) is 1.91. The summed E-state index contributed by atoms with van der Waals surface area (Å²) in [7, 11) is 0. The third kappa shape index (κ3) is 7.82. The average molecular weight is 481 g/mol. The molecule has 0 heterocycles. The van der Waals surface area contributed by atoms with Crippen molar-refractivity contribution in [3.63, 3.8) is 0 Å². The maximum Gasteiger partial charge on any atom is 0.242 e. The maximum absolute atomic E-state index is 13.0. The van der Waals surface area contributed by atoms with Crippen LogP contribution in [-0.2, 0) is 21.9 Å². The number of carbonyl (C=O) groups is 2. The van der Waals surface area contributed by atoms with Gasteiger partial charge in [0.25, 0.3) is 0 Å². The number of rotatable bonds is 10. The summed E-state index contributed by atoms with van der Waals surface area (Å²) in [5, 5.41) is 2.87. The van der Waals surface area contributed by atoms with Gasteiger partial charge in [0.2, 0.25) is 11.8 Å². The smallest absolute Gasteiger partial charge is 0.242 e. The van der Waals surface area contributed by atoms with Gasteiger partial charge < -0.3 is 10.2 Å². The van der Waals surface area contributed by atoms with E-state index in [4.69, 9.17) is 0 Å². The fourth-order valence-corrected chi connectivity index (χ4v) is 3.82. The predicted octanol–water partition coefficient (Wildman–Crippen LogP) is 4.76. The van der Waals surface area contributed by atoms with E-state index in [0.717, 1.165) is 22.0 Å². The van der Waals surface area contributed by atoms with Crippen molar-refractivity contribution in [1.82, 2.24) is 10.2 Å². The number of benzene rings is 2. The lowest BCUT2D eigenvalue weighted by atomic mass is 10.1. The summed E-state index contributed by atoms with van der Waals surface area (Å²) < 4.78 is 14.0. The van der Waals surface area contributed by atoms with Gasteiger partial charge in [-0.25, -0.2) is 4.39 Å². The van der Waals surface area contributed by atoms with E-state index in [2.05, 4.69) is 21.2 Å². The van der Waals surface area contributed by atoms with Gasteiger partial charge in [0.15, 0.2) is 0 Å².